The molecular formula is C11H18N2O2S. The summed E-state index contributed by atoms with van der Waals surface area (Å²) in [5.41, 5.74) is 2.84. The second kappa shape index (κ2) is 6.30. The van der Waals surface area contributed by atoms with Crippen LogP contribution in [0.1, 0.15) is 18.5 Å². The number of nitrogens with one attached hydrogen (secondary N) is 1. The van der Waals surface area contributed by atoms with E-state index in [0.29, 0.717) is 19.7 Å². The molecule has 1 aliphatic rings. The molecule has 16 heavy (non-hydrogen) atoms. The van der Waals surface area contributed by atoms with Crippen LogP contribution >= 0.6 is 11.3 Å². The number of thiazole rings is 1. The van der Waals surface area contributed by atoms with E-state index < -0.39 is 6.10 Å². The van der Waals surface area contributed by atoms with Crippen LogP contribution in [0.15, 0.2) is 10.9 Å². The molecule has 2 N–H and O–H groups in total. The molecule has 4 nitrogen and oxygen atoms in total. The summed E-state index contributed by atoms with van der Waals surface area (Å²) in [5.74, 6) is 0.759. The van der Waals surface area contributed by atoms with E-state index in [9.17, 15) is 5.11 Å². The van der Waals surface area contributed by atoms with Crippen molar-refractivity contribution < 1.29 is 9.84 Å². The fourth-order valence-electron chi connectivity index (χ4n) is 1.41. The van der Waals surface area contributed by atoms with Gasteiger partial charge in [-0.2, -0.15) is 0 Å². The van der Waals surface area contributed by atoms with Gasteiger partial charge in [-0.25, -0.2) is 4.98 Å². The molecule has 0 amide bonds. The molecule has 1 atom stereocenters. The summed E-state index contributed by atoms with van der Waals surface area (Å²) in [6, 6.07) is 0. The van der Waals surface area contributed by atoms with E-state index in [1.54, 1.807) is 11.3 Å². The zero-order valence-electron chi connectivity index (χ0n) is 9.26. The van der Waals surface area contributed by atoms with Crippen LogP contribution in [0.5, 0.6) is 0 Å². The molecular weight excluding hydrogens is 224 g/mol. The number of ether oxygens (including phenoxy) is 1. The molecule has 1 saturated carbocycles. The van der Waals surface area contributed by atoms with E-state index in [-0.39, 0.29) is 0 Å². The van der Waals surface area contributed by atoms with Crippen molar-refractivity contribution in [2.75, 3.05) is 19.8 Å². The Morgan fingerprint density at radius 3 is 3.19 bits per heavy atom. The molecule has 5 heteroatoms. The molecule has 1 aliphatic carbocycles. The first-order valence-electron chi connectivity index (χ1n) is 5.68. The molecule has 0 aromatic carbocycles. The third-order valence-electron chi connectivity index (χ3n) is 2.53. The molecule has 1 unspecified atom stereocenters. The number of nitrogens with zero attached hydrogens (tertiary/aromatic N) is 1. The summed E-state index contributed by atoms with van der Waals surface area (Å²) in [6.07, 6.45) is 2.16. The predicted molar refractivity (Wildman–Crippen MR) is 63.4 cm³/mol. The molecule has 0 saturated heterocycles. The largest absolute Gasteiger partial charge is 0.389 e. The van der Waals surface area contributed by atoms with E-state index in [4.69, 9.17) is 4.74 Å². The summed E-state index contributed by atoms with van der Waals surface area (Å²) >= 11 is 1.58. The first-order valence-corrected chi connectivity index (χ1v) is 6.62. The minimum atomic E-state index is -0.419. The van der Waals surface area contributed by atoms with Gasteiger partial charge in [-0.1, -0.05) is 0 Å². The lowest BCUT2D eigenvalue weighted by atomic mass is 10.3. The van der Waals surface area contributed by atoms with E-state index in [2.05, 4.69) is 10.3 Å². The lowest BCUT2D eigenvalue weighted by molar-refractivity contribution is 0.0324. The third kappa shape index (κ3) is 4.57. The van der Waals surface area contributed by atoms with Gasteiger partial charge in [0.15, 0.2) is 0 Å². The standard InChI is InChI=1S/C11H18N2O2S/c14-11(6-15-5-9-1-2-9)4-12-3-10-7-16-8-13-10/h7-9,11-12,14H,1-6H2. The summed E-state index contributed by atoms with van der Waals surface area (Å²) < 4.78 is 5.40. The van der Waals surface area contributed by atoms with Gasteiger partial charge in [0.25, 0.3) is 0 Å². The summed E-state index contributed by atoms with van der Waals surface area (Å²) in [5, 5.41) is 14.8. The van der Waals surface area contributed by atoms with E-state index in [1.165, 1.54) is 12.8 Å². The van der Waals surface area contributed by atoms with Gasteiger partial charge in [0.1, 0.15) is 0 Å². The highest BCUT2D eigenvalue weighted by molar-refractivity contribution is 7.07. The van der Waals surface area contributed by atoms with Crippen LogP contribution in [0.4, 0.5) is 0 Å². The van der Waals surface area contributed by atoms with Crippen molar-refractivity contribution in [2.45, 2.75) is 25.5 Å². The Kier molecular flexibility index (Phi) is 4.71. The number of aliphatic hydroxyl groups excluding tert-OH is 1. The van der Waals surface area contributed by atoms with Crippen molar-refractivity contribution in [2.24, 2.45) is 5.92 Å². The Hall–Kier alpha value is -0.490. The molecule has 2 rings (SSSR count). The highest BCUT2D eigenvalue weighted by Gasteiger charge is 2.21. The Labute approximate surface area is 99.7 Å². The molecule has 1 fully saturated rings. The monoisotopic (exact) mass is 242 g/mol. The molecule has 1 aromatic heterocycles. The van der Waals surface area contributed by atoms with Gasteiger partial charge in [0, 0.05) is 25.1 Å². The minimum Gasteiger partial charge on any atom is -0.389 e. The quantitative estimate of drug-likeness (QED) is 0.714. The average molecular weight is 242 g/mol. The molecule has 1 heterocycles. The van der Waals surface area contributed by atoms with Gasteiger partial charge >= 0.3 is 0 Å². The van der Waals surface area contributed by atoms with E-state index in [1.807, 2.05) is 10.9 Å². The van der Waals surface area contributed by atoms with Gasteiger partial charge < -0.3 is 15.2 Å². The van der Waals surface area contributed by atoms with Crippen molar-refractivity contribution in [3.8, 4) is 0 Å². The highest BCUT2D eigenvalue weighted by Crippen LogP contribution is 2.28. The Balaban J connectivity index is 1.48. The SMILES string of the molecule is OC(CNCc1cscn1)COCC1CC1. The van der Waals surface area contributed by atoms with E-state index >= 15 is 0 Å². The minimum absolute atomic E-state index is 0.419. The molecule has 1 aromatic rings. The van der Waals surface area contributed by atoms with E-state index in [0.717, 1.165) is 18.2 Å². The number of aromatic nitrogens is 1. The molecule has 0 aliphatic heterocycles. The highest BCUT2D eigenvalue weighted by atomic mass is 32.1. The summed E-state index contributed by atoms with van der Waals surface area (Å²) in [6.45, 7) is 2.51. The number of hydrogen-bond acceptors (Lipinski definition) is 5. The lowest BCUT2D eigenvalue weighted by Crippen LogP contribution is -2.30. The van der Waals surface area contributed by atoms with Crippen LogP contribution in [-0.4, -0.2) is 36.0 Å². The lowest BCUT2D eigenvalue weighted by Gasteiger charge is -2.11. The van der Waals surface area contributed by atoms with Crippen molar-refractivity contribution in [3.63, 3.8) is 0 Å². The number of hydrogen-bond donors (Lipinski definition) is 2. The second-order valence-electron chi connectivity index (χ2n) is 4.25. The van der Waals surface area contributed by atoms with Crippen LogP contribution in [0, 0.1) is 5.92 Å². The van der Waals surface area contributed by atoms with Crippen molar-refractivity contribution in [3.05, 3.63) is 16.6 Å². The topological polar surface area (TPSA) is 54.4 Å². The van der Waals surface area contributed by atoms with Crippen LogP contribution in [0.2, 0.25) is 0 Å². The maximum absolute atomic E-state index is 9.61. The van der Waals surface area contributed by atoms with Crippen LogP contribution in [0.3, 0.4) is 0 Å². The van der Waals surface area contributed by atoms with Crippen molar-refractivity contribution >= 4 is 11.3 Å². The van der Waals surface area contributed by atoms with Crippen molar-refractivity contribution in [1.82, 2.24) is 10.3 Å². The smallest absolute Gasteiger partial charge is 0.0897 e. The Morgan fingerprint density at radius 1 is 1.62 bits per heavy atom. The maximum atomic E-state index is 9.61. The van der Waals surface area contributed by atoms with Gasteiger partial charge in [0.05, 0.1) is 23.9 Å². The first kappa shape index (κ1) is 12.0. The molecule has 0 radical (unpaired) electrons. The fourth-order valence-corrected chi connectivity index (χ4v) is 1.96. The van der Waals surface area contributed by atoms with Crippen molar-refractivity contribution in [1.29, 1.82) is 0 Å². The summed E-state index contributed by atoms with van der Waals surface area (Å²) in [4.78, 5) is 4.15. The number of aliphatic hydroxyl groups is 1. The zero-order chi connectivity index (χ0) is 11.2. The first-order chi connectivity index (χ1) is 7.84. The van der Waals surface area contributed by atoms with Crippen LogP contribution in [0.25, 0.3) is 0 Å². The third-order valence-corrected chi connectivity index (χ3v) is 3.17. The zero-order valence-corrected chi connectivity index (χ0v) is 10.1. The van der Waals surface area contributed by atoms with Gasteiger partial charge in [-0.05, 0) is 18.8 Å². The average Bonchev–Trinajstić information content (AvgIpc) is 2.94. The molecule has 0 spiro atoms. The van der Waals surface area contributed by atoms with Gasteiger partial charge in [0.2, 0.25) is 0 Å². The summed E-state index contributed by atoms with van der Waals surface area (Å²) in [7, 11) is 0. The Bertz CT molecular complexity index is 288. The Morgan fingerprint density at radius 2 is 2.50 bits per heavy atom. The molecule has 90 valence electrons. The second-order valence-corrected chi connectivity index (χ2v) is 4.96. The maximum Gasteiger partial charge on any atom is 0.0897 e. The van der Waals surface area contributed by atoms with Gasteiger partial charge in [-0.15, -0.1) is 11.3 Å². The predicted octanol–water partition coefficient (Wildman–Crippen LogP) is 1.02. The number of rotatable bonds is 8. The van der Waals surface area contributed by atoms with Crippen LogP contribution in [-0.2, 0) is 11.3 Å². The van der Waals surface area contributed by atoms with Crippen LogP contribution < -0.4 is 5.32 Å². The van der Waals surface area contributed by atoms with Gasteiger partial charge in [-0.3, -0.25) is 0 Å². The molecule has 0 bridgehead atoms. The normalized spacial score (nSPS) is 17.6. The fraction of sp³-hybridized carbons (Fsp3) is 0.727.